The van der Waals surface area contributed by atoms with Gasteiger partial charge in [0.25, 0.3) is 5.82 Å². The molecule has 4 heteroatoms. The van der Waals surface area contributed by atoms with Crippen LogP contribution in [0.5, 0.6) is 5.75 Å². The van der Waals surface area contributed by atoms with Gasteiger partial charge in [-0.1, -0.05) is 52.0 Å². The number of phenolic OH excluding ortho intramolecular Hbond substituents is 1. The molecule has 3 aromatic rings. The van der Waals surface area contributed by atoms with Gasteiger partial charge in [-0.05, 0) is 40.7 Å². The van der Waals surface area contributed by atoms with E-state index in [1.54, 1.807) is 12.3 Å². The number of aromatic nitrogens is 2. The molecule has 0 fully saturated rings. The zero-order chi connectivity index (χ0) is 20.3. The van der Waals surface area contributed by atoms with E-state index in [9.17, 15) is 5.11 Å². The first kappa shape index (κ1) is 19.9. The summed E-state index contributed by atoms with van der Waals surface area (Å²) in [6.07, 6.45) is 5.73. The van der Waals surface area contributed by atoms with Crippen LogP contribution >= 0.6 is 0 Å². The second kappa shape index (κ2) is 8.42. The predicted molar refractivity (Wildman–Crippen MR) is 115 cm³/mol. The van der Waals surface area contributed by atoms with Gasteiger partial charge in [-0.15, -0.1) is 0 Å². The lowest BCUT2D eigenvalue weighted by Crippen LogP contribution is -2.34. The molecule has 4 nitrogen and oxygen atoms in total. The smallest absolute Gasteiger partial charge is 0.251 e. The minimum atomic E-state index is 0.247. The number of nitrogens with zero attached hydrogens (tertiary/aromatic N) is 2. The van der Waals surface area contributed by atoms with Gasteiger partial charge in [-0.25, -0.2) is 9.55 Å². The quantitative estimate of drug-likeness (QED) is 0.441. The van der Waals surface area contributed by atoms with Gasteiger partial charge >= 0.3 is 0 Å². The number of aliphatic imine (C=N–C) groups is 1. The van der Waals surface area contributed by atoms with Gasteiger partial charge in [-0.3, -0.25) is 4.99 Å². The molecule has 0 radical (unpaired) electrons. The molecule has 3 rings (SSSR count). The average molecular weight is 377 g/mol. The molecule has 0 saturated heterocycles. The lowest BCUT2D eigenvalue weighted by molar-refractivity contribution is -0.693. The molecule has 2 N–H and O–H groups in total. The maximum absolute atomic E-state index is 10.3. The highest BCUT2D eigenvalue weighted by atomic mass is 16.3. The van der Waals surface area contributed by atoms with Crippen molar-refractivity contribution in [1.29, 1.82) is 0 Å². The number of aromatic hydroxyl groups is 1. The number of H-pyrrole nitrogens is 1. The molecule has 0 aliphatic carbocycles. The average Bonchev–Trinajstić information content (AvgIpc) is 3.06. The second-order valence-corrected chi connectivity index (χ2v) is 7.92. The fourth-order valence-electron chi connectivity index (χ4n) is 3.41. The molecule has 0 aliphatic heterocycles. The normalized spacial score (nSPS) is 11.8. The minimum absolute atomic E-state index is 0.247. The van der Waals surface area contributed by atoms with Crippen LogP contribution in [0.15, 0.2) is 53.8 Å². The van der Waals surface area contributed by atoms with Crippen LogP contribution in [0, 0.1) is 6.92 Å². The van der Waals surface area contributed by atoms with Crippen molar-refractivity contribution in [3.8, 4) is 5.75 Å². The number of phenols is 1. The lowest BCUT2D eigenvalue weighted by atomic mass is 9.93. The number of imidazole rings is 1. The number of hydrogen-bond donors (Lipinski definition) is 2. The van der Waals surface area contributed by atoms with E-state index in [4.69, 9.17) is 4.99 Å². The molecule has 1 aromatic heterocycles. The van der Waals surface area contributed by atoms with E-state index < -0.39 is 0 Å². The van der Waals surface area contributed by atoms with Gasteiger partial charge < -0.3 is 5.11 Å². The summed E-state index contributed by atoms with van der Waals surface area (Å²) in [5.74, 6) is 2.12. The summed E-state index contributed by atoms with van der Waals surface area (Å²) < 4.78 is 2.14. The van der Waals surface area contributed by atoms with Crippen molar-refractivity contribution in [3.05, 3.63) is 76.9 Å². The van der Waals surface area contributed by atoms with E-state index in [1.165, 1.54) is 11.1 Å². The molecule has 28 heavy (non-hydrogen) atoms. The zero-order valence-corrected chi connectivity index (χ0v) is 17.4. The van der Waals surface area contributed by atoms with Crippen LogP contribution in [0.1, 0.15) is 67.6 Å². The van der Waals surface area contributed by atoms with E-state index in [0.717, 1.165) is 29.2 Å². The molecule has 0 aliphatic rings. The van der Waals surface area contributed by atoms with Gasteiger partial charge in [0.05, 0.1) is 5.69 Å². The molecular weight excluding hydrogens is 346 g/mol. The van der Waals surface area contributed by atoms with Crippen molar-refractivity contribution < 1.29 is 9.67 Å². The van der Waals surface area contributed by atoms with Crippen molar-refractivity contribution in [3.63, 3.8) is 0 Å². The zero-order valence-electron chi connectivity index (χ0n) is 17.4. The van der Waals surface area contributed by atoms with Crippen LogP contribution in [0.4, 0.5) is 5.69 Å². The van der Waals surface area contributed by atoms with Crippen molar-refractivity contribution in [2.24, 2.45) is 4.99 Å². The Labute approximate surface area is 167 Å². The molecular formula is C24H30N3O+. The molecule has 0 spiro atoms. The van der Waals surface area contributed by atoms with Crippen molar-refractivity contribution >= 4 is 11.9 Å². The number of aryl methyl sites for hydroxylation is 1. The van der Waals surface area contributed by atoms with Crippen LogP contribution in [-0.2, 0) is 6.54 Å². The minimum Gasteiger partial charge on any atom is -0.507 e. The fourth-order valence-corrected chi connectivity index (χ4v) is 3.41. The van der Waals surface area contributed by atoms with E-state index in [0.29, 0.717) is 11.8 Å². The van der Waals surface area contributed by atoms with Gasteiger partial charge in [0.15, 0.2) is 0 Å². The molecule has 2 aromatic carbocycles. The predicted octanol–water partition coefficient (Wildman–Crippen LogP) is 5.36. The highest BCUT2D eigenvalue weighted by molar-refractivity contribution is 5.86. The van der Waals surface area contributed by atoms with E-state index in [-0.39, 0.29) is 5.75 Å². The number of aromatic amines is 1. The van der Waals surface area contributed by atoms with Crippen LogP contribution in [0.2, 0.25) is 0 Å². The molecule has 0 bridgehead atoms. The monoisotopic (exact) mass is 376 g/mol. The Bertz CT molecular complexity index is 957. The second-order valence-electron chi connectivity index (χ2n) is 7.92. The number of para-hydroxylation sites is 1. The van der Waals surface area contributed by atoms with Gasteiger partial charge in [-0.2, -0.15) is 0 Å². The number of rotatable bonds is 6. The van der Waals surface area contributed by atoms with E-state index in [1.807, 2.05) is 31.5 Å². The summed E-state index contributed by atoms with van der Waals surface area (Å²) >= 11 is 0. The third-order valence-corrected chi connectivity index (χ3v) is 5.10. The number of nitrogens with one attached hydrogen (secondary N) is 1. The molecule has 146 valence electrons. The first-order chi connectivity index (χ1) is 13.4. The summed E-state index contributed by atoms with van der Waals surface area (Å²) in [7, 11) is 0. The van der Waals surface area contributed by atoms with Gasteiger partial charge in [0, 0.05) is 18.7 Å². The molecule has 1 heterocycles. The highest BCUT2D eigenvalue weighted by Crippen LogP contribution is 2.34. The molecule has 0 saturated carbocycles. The SMILES string of the molecule is Cc1[nH]cc[n+]1Cc1ccc(O)c(C=Nc2c(C(C)C)cccc2C(C)C)c1. The van der Waals surface area contributed by atoms with Crippen molar-refractivity contribution in [2.45, 2.75) is 53.0 Å². The van der Waals surface area contributed by atoms with Crippen molar-refractivity contribution in [1.82, 2.24) is 4.98 Å². The summed E-state index contributed by atoms with van der Waals surface area (Å²) in [6.45, 7) is 11.5. The summed E-state index contributed by atoms with van der Waals surface area (Å²) in [5, 5.41) is 10.3. The first-order valence-electron chi connectivity index (χ1n) is 9.89. The highest BCUT2D eigenvalue weighted by Gasteiger charge is 2.13. The number of benzene rings is 2. The third kappa shape index (κ3) is 4.33. The summed E-state index contributed by atoms with van der Waals surface area (Å²) in [4.78, 5) is 8.02. The van der Waals surface area contributed by atoms with Crippen LogP contribution < -0.4 is 4.57 Å². The first-order valence-corrected chi connectivity index (χ1v) is 9.89. The summed E-state index contributed by atoms with van der Waals surface area (Å²) in [6, 6.07) is 12.1. The summed E-state index contributed by atoms with van der Waals surface area (Å²) in [5.41, 5.74) is 5.34. The Hall–Kier alpha value is -2.88. The van der Waals surface area contributed by atoms with Crippen LogP contribution in [0.3, 0.4) is 0 Å². The maximum Gasteiger partial charge on any atom is 0.251 e. The van der Waals surface area contributed by atoms with E-state index in [2.05, 4.69) is 55.4 Å². The van der Waals surface area contributed by atoms with Gasteiger partial charge in [0.1, 0.15) is 24.7 Å². The third-order valence-electron chi connectivity index (χ3n) is 5.10. The Morgan fingerprint density at radius 1 is 1.07 bits per heavy atom. The fraction of sp³-hybridized carbons (Fsp3) is 0.333. The molecule has 0 atom stereocenters. The van der Waals surface area contributed by atoms with Crippen LogP contribution in [-0.4, -0.2) is 16.3 Å². The standard InChI is InChI=1S/C24H29N3O/c1-16(2)21-7-6-8-22(17(3)4)24(21)26-14-20-13-19(9-10-23(20)28)15-27-12-11-25-18(27)5/h6-14,16-17H,15H2,1-5H3,(H,26,28)/p+1. The van der Waals surface area contributed by atoms with Crippen molar-refractivity contribution in [2.75, 3.05) is 0 Å². The van der Waals surface area contributed by atoms with Gasteiger partial charge in [0.2, 0.25) is 0 Å². The lowest BCUT2D eigenvalue weighted by Gasteiger charge is -2.16. The largest absolute Gasteiger partial charge is 0.507 e. The molecule has 0 amide bonds. The number of hydrogen-bond acceptors (Lipinski definition) is 2. The van der Waals surface area contributed by atoms with E-state index >= 15 is 0 Å². The Balaban J connectivity index is 1.97. The van der Waals surface area contributed by atoms with Crippen LogP contribution in [0.25, 0.3) is 0 Å². The maximum atomic E-state index is 10.3. The topological polar surface area (TPSA) is 52.3 Å². The Morgan fingerprint density at radius 2 is 1.75 bits per heavy atom. The molecule has 0 unspecified atom stereocenters. The Kier molecular flexibility index (Phi) is 5.98. The Morgan fingerprint density at radius 3 is 2.32 bits per heavy atom.